The van der Waals surface area contributed by atoms with Crippen LogP contribution >= 0.6 is 0 Å². The highest BCUT2D eigenvalue weighted by atomic mass is 15.2. The van der Waals surface area contributed by atoms with Crippen molar-refractivity contribution in [1.29, 1.82) is 0 Å². The molecule has 22 heavy (non-hydrogen) atoms. The van der Waals surface area contributed by atoms with Gasteiger partial charge in [0.05, 0.1) is 5.69 Å². The molecule has 1 aliphatic rings. The average molecular weight is 298 g/mol. The Morgan fingerprint density at radius 1 is 1.23 bits per heavy atom. The first-order valence-corrected chi connectivity index (χ1v) is 7.67. The molecule has 1 atom stereocenters. The van der Waals surface area contributed by atoms with Crippen LogP contribution in [0.15, 0.2) is 24.7 Å². The van der Waals surface area contributed by atoms with Gasteiger partial charge in [0.1, 0.15) is 12.1 Å². The Hall–Kier alpha value is -2.24. The summed E-state index contributed by atoms with van der Waals surface area (Å²) in [6, 6.07) is 4.08. The molecule has 1 fully saturated rings. The van der Waals surface area contributed by atoms with Crippen LogP contribution in [0.4, 0.5) is 11.8 Å². The van der Waals surface area contributed by atoms with Crippen LogP contribution in [0.1, 0.15) is 30.1 Å². The number of aryl methyl sites for hydroxylation is 1. The van der Waals surface area contributed by atoms with E-state index in [-0.39, 0.29) is 0 Å². The Labute approximate surface area is 131 Å². The number of piperidine rings is 1. The molecule has 1 aliphatic heterocycles. The van der Waals surface area contributed by atoms with Gasteiger partial charge in [0, 0.05) is 51.1 Å². The quantitative estimate of drug-likeness (QED) is 0.864. The summed E-state index contributed by atoms with van der Waals surface area (Å²) in [6.07, 6.45) is 5.80. The zero-order chi connectivity index (χ0) is 15.5. The van der Waals surface area contributed by atoms with Gasteiger partial charge in [-0.05, 0) is 25.8 Å². The van der Waals surface area contributed by atoms with Gasteiger partial charge in [0.2, 0.25) is 5.95 Å². The van der Waals surface area contributed by atoms with E-state index in [0.717, 1.165) is 49.1 Å². The van der Waals surface area contributed by atoms with E-state index in [2.05, 4.69) is 19.9 Å². The molecule has 0 aromatic carbocycles. The standard InChI is InChI=1S/C16H22N6/c1-12-9-15(19-11-18-12)22-8-4-5-13(10-22)14-6-7-17-16(20-14)21(2)3/h6-7,9,11,13H,4-5,8,10H2,1-3H3/t13-/m0/s1. The number of rotatable bonds is 3. The molecule has 2 aromatic heterocycles. The predicted octanol–water partition coefficient (Wildman–Crippen LogP) is 2.03. The first kappa shape index (κ1) is 14.7. The lowest BCUT2D eigenvalue weighted by Crippen LogP contribution is -2.35. The van der Waals surface area contributed by atoms with Crippen LogP contribution in [0, 0.1) is 6.92 Å². The fourth-order valence-corrected chi connectivity index (χ4v) is 2.84. The molecule has 3 heterocycles. The summed E-state index contributed by atoms with van der Waals surface area (Å²) in [5, 5.41) is 0. The molecular weight excluding hydrogens is 276 g/mol. The van der Waals surface area contributed by atoms with Gasteiger partial charge in [-0.15, -0.1) is 0 Å². The number of aromatic nitrogens is 4. The van der Waals surface area contributed by atoms with E-state index in [4.69, 9.17) is 4.98 Å². The summed E-state index contributed by atoms with van der Waals surface area (Å²) >= 11 is 0. The SMILES string of the molecule is Cc1cc(N2CCC[C@H](c3ccnc(N(C)C)n3)C2)ncn1. The molecule has 0 bridgehead atoms. The van der Waals surface area contributed by atoms with Crippen molar-refractivity contribution in [3.63, 3.8) is 0 Å². The van der Waals surface area contributed by atoms with Gasteiger partial charge < -0.3 is 9.80 Å². The Balaban J connectivity index is 1.79. The predicted molar refractivity (Wildman–Crippen MR) is 87.3 cm³/mol. The van der Waals surface area contributed by atoms with Gasteiger partial charge in [0.15, 0.2) is 0 Å². The van der Waals surface area contributed by atoms with Crippen LogP contribution in [0.25, 0.3) is 0 Å². The maximum atomic E-state index is 4.70. The van der Waals surface area contributed by atoms with Crippen molar-refractivity contribution in [2.24, 2.45) is 0 Å². The maximum Gasteiger partial charge on any atom is 0.224 e. The maximum absolute atomic E-state index is 4.70. The van der Waals surface area contributed by atoms with Crippen LogP contribution < -0.4 is 9.80 Å². The van der Waals surface area contributed by atoms with E-state index in [1.54, 1.807) is 6.33 Å². The number of hydrogen-bond acceptors (Lipinski definition) is 6. The van der Waals surface area contributed by atoms with Gasteiger partial charge in [-0.2, -0.15) is 0 Å². The van der Waals surface area contributed by atoms with Crippen molar-refractivity contribution in [1.82, 2.24) is 19.9 Å². The van der Waals surface area contributed by atoms with E-state index in [0.29, 0.717) is 5.92 Å². The highest BCUT2D eigenvalue weighted by Gasteiger charge is 2.24. The Bertz CT molecular complexity index is 642. The van der Waals surface area contributed by atoms with Gasteiger partial charge in [-0.25, -0.2) is 19.9 Å². The Kier molecular flexibility index (Phi) is 4.18. The summed E-state index contributed by atoms with van der Waals surface area (Å²) in [5.74, 6) is 2.21. The zero-order valence-electron chi connectivity index (χ0n) is 13.4. The van der Waals surface area contributed by atoms with E-state index in [1.807, 2.05) is 44.2 Å². The normalized spacial score (nSPS) is 18.3. The first-order chi connectivity index (χ1) is 10.6. The minimum absolute atomic E-state index is 0.422. The van der Waals surface area contributed by atoms with Crippen LogP contribution in [-0.4, -0.2) is 47.1 Å². The van der Waals surface area contributed by atoms with Crippen molar-refractivity contribution in [2.45, 2.75) is 25.7 Å². The third-order valence-electron chi connectivity index (χ3n) is 4.02. The molecule has 0 saturated carbocycles. The van der Waals surface area contributed by atoms with E-state index >= 15 is 0 Å². The zero-order valence-corrected chi connectivity index (χ0v) is 13.4. The second-order valence-electron chi connectivity index (χ2n) is 5.98. The minimum Gasteiger partial charge on any atom is -0.356 e. The monoisotopic (exact) mass is 298 g/mol. The molecule has 0 radical (unpaired) electrons. The average Bonchev–Trinajstić information content (AvgIpc) is 2.55. The fraction of sp³-hybridized carbons (Fsp3) is 0.500. The van der Waals surface area contributed by atoms with Crippen LogP contribution in [0.5, 0.6) is 0 Å². The number of anilines is 2. The van der Waals surface area contributed by atoms with E-state index < -0.39 is 0 Å². The lowest BCUT2D eigenvalue weighted by molar-refractivity contribution is 0.497. The molecule has 0 amide bonds. The van der Waals surface area contributed by atoms with E-state index in [9.17, 15) is 0 Å². The van der Waals surface area contributed by atoms with Gasteiger partial charge >= 0.3 is 0 Å². The second-order valence-corrected chi connectivity index (χ2v) is 5.98. The smallest absolute Gasteiger partial charge is 0.224 e. The van der Waals surface area contributed by atoms with Crippen LogP contribution in [0.3, 0.4) is 0 Å². The summed E-state index contributed by atoms with van der Waals surface area (Å²) < 4.78 is 0. The number of hydrogen-bond donors (Lipinski definition) is 0. The summed E-state index contributed by atoms with van der Waals surface area (Å²) in [4.78, 5) is 21.9. The fourth-order valence-electron chi connectivity index (χ4n) is 2.84. The Morgan fingerprint density at radius 3 is 2.86 bits per heavy atom. The first-order valence-electron chi connectivity index (χ1n) is 7.67. The number of nitrogens with zero attached hydrogens (tertiary/aromatic N) is 6. The van der Waals surface area contributed by atoms with Gasteiger partial charge in [-0.3, -0.25) is 0 Å². The highest BCUT2D eigenvalue weighted by Crippen LogP contribution is 2.28. The van der Waals surface area contributed by atoms with Crippen molar-refractivity contribution < 1.29 is 0 Å². The van der Waals surface area contributed by atoms with Gasteiger partial charge in [0.25, 0.3) is 0 Å². The van der Waals surface area contributed by atoms with Crippen molar-refractivity contribution >= 4 is 11.8 Å². The molecule has 6 nitrogen and oxygen atoms in total. The third kappa shape index (κ3) is 3.16. The lowest BCUT2D eigenvalue weighted by Gasteiger charge is -2.33. The third-order valence-corrected chi connectivity index (χ3v) is 4.02. The van der Waals surface area contributed by atoms with E-state index in [1.165, 1.54) is 0 Å². The lowest BCUT2D eigenvalue weighted by atomic mass is 9.94. The largest absolute Gasteiger partial charge is 0.356 e. The van der Waals surface area contributed by atoms with Crippen molar-refractivity contribution in [3.05, 3.63) is 36.0 Å². The van der Waals surface area contributed by atoms with Crippen molar-refractivity contribution in [2.75, 3.05) is 37.0 Å². The van der Waals surface area contributed by atoms with Crippen molar-refractivity contribution in [3.8, 4) is 0 Å². The van der Waals surface area contributed by atoms with Crippen LogP contribution in [-0.2, 0) is 0 Å². The molecule has 2 aromatic rings. The molecule has 1 saturated heterocycles. The summed E-state index contributed by atoms with van der Waals surface area (Å²) in [6.45, 7) is 3.99. The molecule has 0 unspecified atom stereocenters. The molecule has 3 rings (SSSR count). The molecule has 0 spiro atoms. The molecule has 6 heteroatoms. The second kappa shape index (κ2) is 6.25. The molecule has 0 aliphatic carbocycles. The highest BCUT2D eigenvalue weighted by molar-refractivity contribution is 5.40. The summed E-state index contributed by atoms with van der Waals surface area (Å²) in [5.41, 5.74) is 2.12. The molecular formula is C16H22N6. The topological polar surface area (TPSA) is 58.0 Å². The summed E-state index contributed by atoms with van der Waals surface area (Å²) in [7, 11) is 3.94. The molecule has 116 valence electrons. The Morgan fingerprint density at radius 2 is 2.09 bits per heavy atom. The molecule has 0 N–H and O–H groups in total. The van der Waals surface area contributed by atoms with Crippen LogP contribution in [0.2, 0.25) is 0 Å². The minimum atomic E-state index is 0.422. The van der Waals surface area contributed by atoms with Gasteiger partial charge in [-0.1, -0.05) is 0 Å².